The van der Waals surface area contributed by atoms with Gasteiger partial charge < -0.3 is 19.9 Å². The number of methoxy groups -OCH3 is 1. The van der Waals surface area contributed by atoms with E-state index in [4.69, 9.17) is 4.74 Å². The zero-order valence-corrected chi connectivity index (χ0v) is 18.2. The van der Waals surface area contributed by atoms with Crippen molar-refractivity contribution < 1.29 is 9.53 Å². The number of amides is 1. The molecule has 0 unspecified atom stereocenters. The molecule has 0 aromatic heterocycles. The van der Waals surface area contributed by atoms with Crippen molar-refractivity contribution in [3.05, 3.63) is 53.6 Å². The fraction of sp³-hybridized carbons (Fsp3) is 0.480. The highest BCUT2D eigenvalue weighted by atomic mass is 16.5. The summed E-state index contributed by atoms with van der Waals surface area (Å²) < 4.78 is 5.63. The van der Waals surface area contributed by atoms with Crippen molar-refractivity contribution in [1.29, 1.82) is 0 Å². The van der Waals surface area contributed by atoms with Crippen LogP contribution in [0.15, 0.2) is 42.5 Å². The molecule has 1 saturated carbocycles. The van der Waals surface area contributed by atoms with Crippen LogP contribution in [0.4, 0.5) is 11.4 Å². The molecule has 1 saturated heterocycles. The summed E-state index contributed by atoms with van der Waals surface area (Å²) in [6.45, 7) is 4.04. The summed E-state index contributed by atoms with van der Waals surface area (Å²) in [4.78, 5) is 17.4. The van der Waals surface area contributed by atoms with Crippen LogP contribution in [0.1, 0.15) is 53.9 Å². The topological polar surface area (TPSA) is 44.8 Å². The van der Waals surface area contributed by atoms with Gasteiger partial charge in [0.2, 0.25) is 0 Å². The molecule has 2 aromatic carbocycles. The molecule has 2 fully saturated rings. The lowest BCUT2D eigenvalue weighted by Gasteiger charge is -2.34. The minimum absolute atomic E-state index is 0.0837. The summed E-state index contributed by atoms with van der Waals surface area (Å²) >= 11 is 0. The van der Waals surface area contributed by atoms with E-state index in [9.17, 15) is 4.79 Å². The van der Waals surface area contributed by atoms with Crippen molar-refractivity contribution in [1.82, 2.24) is 4.90 Å². The lowest BCUT2D eigenvalue weighted by atomic mass is 9.84. The van der Waals surface area contributed by atoms with Gasteiger partial charge in [0.05, 0.1) is 12.8 Å². The molecule has 0 spiro atoms. The third kappa shape index (κ3) is 4.78. The summed E-state index contributed by atoms with van der Waals surface area (Å²) in [7, 11) is 3.83. The maximum atomic E-state index is 12.8. The van der Waals surface area contributed by atoms with E-state index >= 15 is 0 Å². The van der Waals surface area contributed by atoms with Crippen molar-refractivity contribution in [2.24, 2.45) is 0 Å². The highest BCUT2D eigenvalue weighted by molar-refractivity contribution is 6.04. The fourth-order valence-electron chi connectivity index (χ4n) is 4.61. The first-order valence-corrected chi connectivity index (χ1v) is 11.2. The van der Waals surface area contributed by atoms with E-state index in [1.54, 1.807) is 7.11 Å². The van der Waals surface area contributed by atoms with Crippen LogP contribution >= 0.6 is 0 Å². The lowest BCUT2D eigenvalue weighted by Crippen LogP contribution is -2.44. The summed E-state index contributed by atoms with van der Waals surface area (Å²) in [6, 6.07) is 14.1. The Labute approximate surface area is 180 Å². The van der Waals surface area contributed by atoms with Gasteiger partial charge in [-0.2, -0.15) is 0 Å². The Kier molecular flexibility index (Phi) is 6.58. The van der Waals surface area contributed by atoms with Crippen molar-refractivity contribution in [2.75, 3.05) is 50.6 Å². The summed E-state index contributed by atoms with van der Waals surface area (Å²) in [5.74, 6) is 1.37. The van der Waals surface area contributed by atoms with Gasteiger partial charge in [-0.15, -0.1) is 0 Å². The summed E-state index contributed by atoms with van der Waals surface area (Å²) in [6.07, 6.45) is 6.53. The first-order valence-electron chi connectivity index (χ1n) is 11.2. The molecule has 1 aliphatic heterocycles. The van der Waals surface area contributed by atoms with E-state index < -0.39 is 0 Å². The van der Waals surface area contributed by atoms with Crippen LogP contribution in [-0.4, -0.2) is 51.1 Å². The van der Waals surface area contributed by atoms with Gasteiger partial charge in [0.25, 0.3) is 5.91 Å². The largest absolute Gasteiger partial charge is 0.495 e. The molecule has 4 rings (SSSR count). The molecule has 0 atom stereocenters. The molecule has 1 N–H and O–H groups in total. The maximum absolute atomic E-state index is 12.8. The number of rotatable bonds is 5. The van der Waals surface area contributed by atoms with Gasteiger partial charge in [0.15, 0.2) is 0 Å². The lowest BCUT2D eigenvalue weighted by molar-refractivity contribution is 0.102. The molecule has 30 heavy (non-hydrogen) atoms. The van der Waals surface area contributed by atoms with E-state index in [2.05, 4.69) is 34.3 Å². The quantitative estimate of drug-likeness (QED) is 0.777. The average molecular weight is 408 g/mol. The Morgan fingerprint density at radius 1 is 0.967 bits per heavy atom. The van der Waals surface area contributed by atoms with Crippen LogP contribution in [0.25, 0.3) is 0 Å². The maximum Gasteiger partial charge on any atom is 0.255 e. The Bertz CT molecular complexity index is 851. The Morgan fingerprint density at radius 2 is 1.67 bits per heavy atom. The molecule has 0 radical (unpaired) electrons. The fourth-order valence-corrected chi connectivity index (χ4v) is 4.61. The second-order valence-corrected chi connectivity index (χ2v) is 8.59. The number of anilines is 2. The van der Waals surface area contributed by atoms with Gasteiger partial charge in [0, 0.05) is 43.5 Å². The second-order valence-electron chi connectivity index (χ2n) is 8.59. The van der Waals surface area contributed by atoms with Crippen molar-refractivity contribution >= 4 is 17.3 Å². The molecule has 160 valence electrons. The van der Waals surface area contributed by atoms with Gasteiger partial charge in [0.1, 0.15) is 5.75 Å². The highest BCUT2D eigenvalue weighted by Gasteiger charge is 2.19. The van der Waals surface area contributed by atoms with Crippen LogP contribution in [0.5, 0.6) is 5.75 Å². The Morgan fingerprint density at radius 3 is 2.33 bits per heavy atom. The van der Waals surface area contributed by atoms with Crippen LogP contribution in [0.2, 0.25) is 0 Å². The number of hydrogen-bond acceptors (Lipinski definition) is 4. The standard InChI is InChI=1S/C25H33N3O2/c1-27-14-16-28(17-15-27)23-13-12-22(18-24(23)30-2)26-25(29)21-10-8-20(9-11-21)19-6-4-3-5-7-19/h8-13,18-19H,3-7,14-17H2,1-2H3,(H,26,29). The number of nitrogens with zero attached hydrogens (tertiary/aromatic N) is 2. The minimum atomic E-state index is -0.0837. The van der Waals surface area contributed by atoms with Gasteiger partial charge in [-0.05, 0) is 55.6 Å². The van der Waals surface area contributed by atoms with Gasteiger partial charge in [-0.25, -0.2) is 0 Å². The molecule has 1 heterocycles. The average Bonchev–Trinajstić information content (AvgIpc) is 2.80. The van der Waals surface area contributed by atoms with E-state index in [0.29, 0.717) is 11.5 Å². The molecule has 1 aliphatic carbocycles. The van der Waals surface area contributed by atoms with Crippen LogP contribution < -0.4 is 15.0 Å². The second kappa shape index (κ2) is 9.52. The third-order valence-corrected chi connectivity index (χ3v) is 6.53. The Balaban J connectivity index is 1.42. The summed E-state index contributed by atoms with van der Waals surface area (Å²) in [5.41, 5.74) is 3.90. The molecule has 5 nitrogen and oxygen atoms in total. The molecule has 5 heteroatoms. The number of carbonyl (C=O) groups is 1. The molecule has 1 amide bonds. The highest BCUT2D eigenvalue weighted by Crippen LogP contribution is 2.33. The third-order valence-electron chi connectivity index (χ3n) is 6.53. The molecule has 0 bridgehead atoms. The first-order chi connectivity index (χ1) is 14.6. The zero-order chi connectivity index (χ0) is 20.9. The number of piperazine rings is 1. The van der Waals surface area contributed by atoms with Crippen LogP contribution in [0, 0.1) is 0 Å². The van der Waals surface area contributed by atoms with E-state index in [1.165, 1.54) is 37.7 Å². The Hall–Kier alpha value is -2.53. The van der Waals surface area contributed by atoms with Gasteiger partial charge >= 0.3 is 0 Å². The first kappa shape index (κ1) is 20.7. The smallest absolute Gasteiger partial charge is 0.255 e. The van der Waals surface area contributed by atoms with Crippen molar-refractivity contribution in [3.63, 3.8) is 0 Å². The molecule has 2 aliphatic rings. The number of carbonyl (C=O) groups excluding carboxylic acids is 1. The van der Waals surface area contributed by atoms with Crippen molar-refractivity contribution in [2.45, 2.75) is 38.0 Å². The number of benzene rings is 2. The predicted octanol–water partition coefficient (Wildman–Crippen LogP) is 4.75. The SMILES string of the molecule is COc1cc(NC(=O)c2ccc(C3CCCCC3)cc2)ccc1N1CCN(C)CC1. The number of ether oxygens (including phenoxy) is 1. The zero-order valence-electron chi connectivity index (χ0n) is 18.2. The van der Waals surface area contributed by atoms with Crippen LogP contribution in [-0.2, 0) is 0 Å². The van der Waals surface area contributed by atoms with Gasteiger partial charge in [-0.1, -0.05) is 31.4 Å². The number of likely N-dealkylation sites (N-methyl/N-ethyl adjacent to an activating group) is 1. The van der Waals surface area contributed by atoms with Crippen molar-refractivity contribution in [3.8, 4) is 5.75 Å². The van der Waals surface area contributed by atoms with E-state index in [1.807, 2.05) is 30.3 Å². The summed E-state index contributed by atoms with van der Waals surface area (Å²) in [5, 5.41) is 3.02. The molecular weight excluding hydrogens is 374 g/mol. The normalized spacial score (nSPS) is 18.3. The van der Waals surface area contributed by atoms with E-state index in [-0.39, 0.29) is 5.91 Å². The van der Waals surface area contributed by atoms with Crippen LogP contribution in [0.3, 0.4) is 0 Å². The van der Waals surface area contributed by atoms with E-state index in [0.717, 1.165) is 43.3 Å². The predicted molar refractivity (Wildman–Crippen MR) is 123 cm³/mol. The van der Waals surface area contributed by atoms with Gasteiger partial charge in [-0.3, -0.25) is 4.79 Å². The number of hydrogen-bond donors (Lipinski definition) is 1. The molecular formula is C25H33N3O2. The molecule has 2 aromatic rings. The number of nitrogens with one attached hydrogen (secondary N) is 1. The monoisotopic (exact) mass is 407 g/mol. The minimum Gasteiger partial charge on any atom is -0.495 e.